The van der Waals surface area contributed by atoms with Crippen LogP contribution in [0, 0.1) is 0 Å². The van der Waals surface area contributed by atoms with Gasteiger partial charge in [-0.2, -0.15) is 0 Å². The molecule has 1 aliphatic heterocycles. The summed E-state index contributed by atoms with van der Waals surface area (Å²) in [5.74, 6) is 0.926. The van der Waals surface area contributed by atoms with E-state index in [0.717, 1.165) is 39.3 Å². The van der Waals surface area contributed by atoms with Crippen molar-refractivity contribution in [3.8, 4) is 10.9 Å². The number of rotatable bonds is 5. The molecule has 0 spiro atoms. The monoisotopic (exact) mass is 414 g/mol. The Morgan fingerprint density at radius 2 is 2.00 bits per heavy atom. The van der Waals surface area contributed by atoms with Gasteiger partial charge in [-0.05, 0) is 36.6 Å². The molecule has 1 aliphatic rings. The highest BCUT2D eigenvalue weighted by molar-refractivity contribution is 7.98. The molecule has 3 aromatic rings. The highest BCUT2D eigenvalue weighted by Gasteiger charge is 2.26. The lowest BCUT2D eigenvalue weighted by Crippen LogP contribution is -2.41. The normalized spacial score (nSPS) is 15.0. The van der Waals surface area contributed by atoms with E-state index in [-0.39, 0.29) is 12.0 Å². The van der Waals surface area contributed by atoms with Crippen LogP contribution in [0.1, 0.15) is 23.2 Å². The van der Waals surface area contributed by atoms with E-state index in [1.165, 1.54) is 11.3 Å². The Balaban J connectivity index is 1.38. The van der Waals surface area contributed by atoms with Crippen LogP contribution in [0.4, 0.5) is 0 Å². The second-order valence-electron chi connectivity index (χ2n) is 6.62. The minimum absolute atomic E-state index is 0.0855. The SMILES string of the molecule is COc1ccc2nc(OC3CCN(C(=O)c4ccccc4SC)CC3)sc2c1. The number of amides is 1. The summed E-state index contributed by atoms with van der Waals surface area (Å²) in [7, 11) is 1.66. The zero-order valence-corrected chi connectivity index (χ0v) is 17.5. The zero-order chi connectivity index (χ0) is 19.5. The Morgan fingerprint density at radius 3 is 2.75 bits per heavy atom. The topological polar surface area (TPSA) is 51.7 Å². The number of methoxy groups -OCH3 is 1. The van der Waals surface area contributed by atoms with Crippen LogP contribution in [0.5, 0.6) is 10.9 Å². The number of ether oxygens (including phenoxy) is 2. The smallest absolute Gasteiger partial charge is 0.274 e. The summed E-state index contributed by atoms with van der Waals surface area (Å²) in [6, 6.07) is 13.6. The second-order valence-corrected chi connectivity index (χ2v) is 8.46. The van der Waals surface area contributed by atoms with Crippen molar-refractivity contribution < 1.29 is 14.3 Å². The second kappa shape index (κ2) is 8.41. The molecule has 1 saturated heterocycles. The van der Waals surface area contributed by atoms with Gasteiger partial charge in [-0.3, -0.25) is 4.79 Å². The maximum Gasteiger partial charge on any atom is 0.274 e. The maximum absolute atomic E-state index is 12.9. The lowest BCUT2D eigenvalue weighted by molar-refractivity contribution is 0.0592. The van der Waals surface area contributed by atoms with Crippen molar-refractivity contribution >= 4 is 39.2 Å². The first-order chi connectivity index (χ1) is 13.7. The van der Waals surface area contributed by atoms with Crippen LogP contribution in [-0.2, 0) is 0 Å². The third-order valence-corrected chi connectivity index (χ3v) is 6.61. The highest BCUT2D eigenvalue weighted by Crippen LogP contribution is 2.32. The summed E-state index contributed by atoms with van der Waals surface area (Å²) >= 11 is 3.14. The number of hydrogen-bond donors (Lipinski definition) is 0. The van der Waals surface area contributed by atoms with Crippen LogP contribution < -0.4 is 9.47 Å². The number of thiazole rings is 1. The molecule has 7 heteroatoms. The Kier molecular flexibility index (Phi) is 5.73. The fourth-order valence-corrected chi connectivity index (χ4v) is 4.87. The van der Waals surface area contributed by atoms with Crippen LogP contribution in [-0.4, -0.2) is 48.4 Å². The number of nitrogens with zero attached hydrogens (tertiary/aromatic N) is 2. The van der Waals surface area contributed by atoms with Gasteiger partial charge in [0.25, 0.3) is 11.1 Å². The molecule has 2 heterocycles. The molecule has 0 bridgehead atoms. The van der Waals surface area contributed by atoms with Gasteiger partial charge in [-0.1, -0.05) is 23.5 Å². The fraction of sp³-hybridized carbons (Fsp3) is 0.333. The predicted molar refractivity (Wildman–Crippen MR) is 114 cm³/mol. The summed E-state index contributed by atoms with van der Waals surface area (Å²) < 4.78 is 12.4. The fourth-order valence-electron chi connectivity index (χ4n) is 3.37. The molecule has 1 aromatic heterocycles. The van der Waals surface area contributed by atoms with Crippen LogP contribution in [0.25, 0.3) is 10.2 Å². The third kappa shape index (κ3) is 3.95. The number of thioether (sulfide) groups is 1. The number of piperidine rings is 1. The van der Waals surface area contributed by atoms with Gasteiger partial charge in [0.2, 0.25) is 0 Å². The van der Waals surface area contributed by atoms with Crippen molar-refractivity contribution in [3.63, 3.8) is 0 Å². The van der Waals surface area contributed by atoms with Crippen LogP contribution in [0.3, 0.4) is 0 Å². The van der Waals surface area contributed by atoms with E-state index in [1.54, 1.807) is 18.9 Å². The van der Waals surface area contributed by atoms with Gasteiger partial charge in [-0.15, -0.1) is 11.8 Å². The molecule has 4 rings (SSSR count). The van der Waals surface area contributed by atoms with Gasteiger partial charge >= 0.3 is 0 Å². The molecular weight excluding hydrogens is 392 g/mol. The zero-order valence-electron chi connectivity index (χ0n) is 15.9. The molecule has 1 amide bonds. The van der Waals surface area contributed by atoms with Gasteiger partial charge in [0.05, 0.1) is 22.9 Å². The lowest BCUT2D eigenvalue weighted by atomic mass is 10.1. The van der Waals surface area contributed by atoms with Gasteiger partial charge < -0.3 is 14.4 Å². The summed E-state index contributed by atoms with van der Waals surface area (Å²) in [6.45, 7) is 1.40. The lowest BCUT2D eigenvalue weighted by Gasteiger charge is -2.32. The average Bonchev–Trinajstić information content (AvgIpc) is 3.15. The standard InChI is InChI=1S/C21H22N2O3S2/c1-25-15-7-8-17-19(13-15)28-21(22-17)26-14-9-11-23(12-10-14)20(24)16-5-3-4-6-18(16)27-2/h3-8,13-14H,9-12H2,1-2H3. The Hall–Kier alpha value is -2.25. The third-order valence-electron chi connectivity index (χ3n) is 4.91. The largest absolute Gasteiger partial charge is 0.497 e. The van der Waals surface area contributed by atoms with E-state index in [4.69, 9.17) is 9.47 Å². The molecule has 0 radical (unpaired) electrons. The Labute approximate surface area is 172 Å². The van der Waals surface area contributed by atoms with Crippen LogP contribution in [0.15, 0.2) is 47.4 Å². The number of carbonyl (C=O) groups is 1. The first kappa shape index (κ1) is 19.1. The molecule has 146 valence electrons. The van der Waals surface area contributed by atoms with Crippen molar-refractivity contribution in [2.24, 2.45) is 0 Å². The van der Waals surface area contributed by atoms with E-state index in [1.807, 2.05) is 53.6 Å². The van der Waals surface area contributed by atoms with Crippen LogP contribution >= 0.6 is 23.1 Å². The molecule has 1 fully saturated rings. The maximum atomic E-state index is 12.9. The number of likely N-dealkylation sites (tertiary alicyclic amines) is 1. The Bertz CT molecular complexity index is 981. The Morgan fingerprint density at radius 1 is 1.21 bits per heavy atom. The van der Waals surface area contributed by atoms with E-state index >= 15 is 0 Å². The summed E-state index contributed by atoms with van der Waals surface area (Å²) in [6.07, 6.45) is 3.71. The summed E-state index contributed by atoms with van der Waals surface area (Å²) in [4.78, 5) is 20.4. The number of fused-ring (bicyclic) bond motifs is 1. The van der Waals surface area contributed by atoms with Crippen molar-refractivity contribution in [1.29, 1.82) is 0 Å². The molecule has 5 nitrogen and oxygen atoms in total. The molecule has 0 N–H and O–H groups in total. The van der Waals surface area contributed by atoms with Crippen molar-refractivity contribution in [2.75, 3.05) is 26.5 Å². The highest BCUT2D eigenvalue weighted by atomic mass is 32.2. The molecular formula is C21H22N2O3S2. The van der Waals surface area contributed by atoms with Crippen molar-refractivity contribution in [1.82, 2.24) is 9.88 Å². The van der Waals surface area contributed by atoms with E-state index < -0.39 is 0 Å². The molecule has 0 atom stereocenters. The van der Waals surface area contributed by atoms with Gasteiger partial charge in [-0.25, -0.2) is 4.98 Å². The first-order valence-electron chi connectivity index (χ1n) is 9.21. The summed E-state index contributed by atoms with van der Waals surface area (Å²) in [5, 5.41) is 0.681. The van der Waals surface area contributed by atoms with Gasteiger partial charge in [0, 0.05) is 30.8 Å². The number of hydrogen-bond acceptors (Lipinski definition) is 6. The number of aromatic nitrogens is 1. The van der Waals surface area contributed by atoms with Gasteiger partial charge in [0.1, 0.15) is 11.9 Å². The minimum Gasteiger partial charge on any atom is -0.497 e. The first-order valence-corrected chi connectivity index (χ1v) is 11.3. The average molecular weight is 415 g/mol. The molecule has 0 unspecified atom stereocenters. The molecule has 0 saturated carbocycles. The quantitative estimate of drug-likeness (QED) is 0.566. The predicted octanol–water partition coefficient (Wildman–Crippen LogP) is 4.71. The number of carbonyl (C=O) groups excluding carboxylic acids is 1. The van der Waals surface area contributed by atoms with Crippen molar-refractivity contribution in [2.45, 2.75) is 23.8 Å². The van der Waals surface area contributed by atoms with Gasteiger partial charge in [0.15, 0.2) is 0 Å². The van der Waals surface area contributed by atoms with Crippen LogP contribution in [0.2, 0.25) is 0 Å². The van der Waals surface area contributed by atoms with E-state index in [9.17, 15) is 4.79 Å². The molecule has 2 aromatic carbocycles. The van der Waals surface area contributed by atoms with Crippen molar-refractivity contribution in [3.05, 3.63) is 48.0 Å². The minimum atomic E-state index is 0.0855. The number of benzene rings is 2. The van der Waals surface area contributed by atoms with E-state index in [2.05, 4.69) is 4.98 Å². The van der Waals surface area contributed by atoms with E-state index in [0.29, 0.717) is 18.3 Å². The molecule has 28 heavy (non-hydrogen) atoms. The molecule has 0 aliphatic carbocycles. The summed E-state index contributed by atoms with van der Waals surface area (Å²) in [5.41, 5.74) is 1.71.